The van der Waals surface area contributed by atoms with Crippen LogP contribution in [0.4, 0.5) is 0 Å². The first-order chi connectivity index (χ1) is 9.17. The van der Waals surface area contributed by atoms with Crippen molar-refractivity contribution in [3.63, 3.8) is 0 Å². The van der Waals surface area contributed by atoms with Crippen LogP contribution in [-0.2, 0) is 9.53 Å². The topological polar surface area (TPSA) is 41.6 Å². The largest absolute Gasteiger partial charge is 0.466 e. The molecule has 1 atom stereocenters. The summed E-state index contributed by atoms with van der Waals surface area (Å²) in [6.45, 7) is 13.3. The third-order valence-electron chi connectivity index (χ3n) is 3.37. The summed E-state index contributed by atoms with van der Waals surface area (Å²) in [7, 11) is 0. The van der Waals surface area contributed by atoms with E-state index in [2.05, 4.69) is 23.7 Å². The number of carbonyl (C=O) groups excluding carboxylic acids is 1. The molecule has 1 aliphatic rings. The van der Waals surface area contributed by atoms with E-state index >= 15 is 0 Å². The third-order valence-corrected chi connectivity index (χ3v) is 3.37. The highest BCUT2D eigenvalue weighted by molar-refractivity contribution is 5.72. The first-order valence-electron chi connectivity index (χ1n) is 7.43. The summed E-state index contributed by atoms with van der Waals surface area (Å²) < 4.78 is 5.11. The average Bonchev–Trinajstić information content (AvgIpc) is 2.39. The molecule has 1 heterocycles. The minimum absolute atomic E-state index is 0.0399. The van der Waals surface area contributed by atoms with Crippen LogP contribution >= 0.6 is 0 Å². The fourth-order valence-corrected chi connectivity index (χ4v) is 2.47. The SMILES string of the molecule is C=C(CNCCC)CN1CCCC(C(=O)OCC)C1. The minimum Gasteiger partial charge on any atom is -0.466 e. The number of esters is 1. The Balaban J connectivity index is 2.30. The van der Waals surface area contributed by atoms with E-state index < -0.39 is 0 Å². The highest BCUT2D eigenvalue weighted by atomic mass is 16.5. The second-order valence-electron chi connectivity index (χ2n) is 5.25. The van der Waals surface area contributed by atoms with Crippen LogP contribution in [-0.4, -0.2) is 50.2 Å². The quantitative estimate of drug-likeness (QED) is 0.414. The predicted octanol–water partition coefficient (Wildman–Crippen LogP) is 1.82. The molecule has 1 N–H and O–H groups in total. The second-order valence-corrected chi connectivity index (χ2v) is 5.25. The van der Waals surface area contributed by atoms with E-state index in [0.717, 1.165) is 52.0 Å². The van der Waals surface area contributed by atoms with Crippen LogP contribution in [0, 0.1) is 5.92 Å². The Hall–Kier alpha value is -0.870. The molecule has 0 aromatic carbocycles. The molecule has 0 aliphatic carbocycles. The van der Waals surface area contributed by atoms with Crippen molar-refractivity contribution in [1.82, 2.24) is 10.2 Å². The standard InChI is InChI=1S/C15H28N2O2/c1-4-8-16-10-13(3)11-17-9-6-7-14(12-17)15(18)19-5-2/h14,16H,3-12H2,1-2H3. The summed E-state index contributed by atoms with van der Waals surface area (Å²) >= 11 is 0. The lowest BCUT2D eigenvalue weighted by atomic mass is 9.98. The predicted molar refractivity (Wildman–Crippen MR) is 78.1 cm³/mol. The molecular formula is C15H28N2O2. The Bertz CT molecular complexity index is 292. The van der Waals surface area contributed by atoms with E-state index in [1.54, 1.807) is 0 Å². The Morgan fingerprint density at radius 3 is 2.95 bits per heavy atom. The van der Waals surface area contributed by atoms with Crippen molar-refractivity contribution < 1.29 is 9.53 Å². The summed E-state index contributed by atoms with van der Waals surface area (Å²) in [6.07, 6.45) is 3.16. The fraction of sp³-hybridized carbons (Fsp3) is 0.800. The van der Waals surface area contributed by atoms with Crippen LogP contribution < -0.4 is 5.32 Å². The molecule has 1 saturated heterocycles. The van der Waals surface area contributed by atoms with Crippen LogP contribution in [0.25, 0.3) is 0 Å². The molecule has 1 unspecified atom stereocenters. The fourth-order valence-electron chi connectivity index (χ4n) is 2.47. The van der Waals surface area contributed by atoms with Gasteiger partial charge >= 0.3 is 5.97 Å². The van der Waals surface area contributed by atoms with Gasteiger partial charge in [0, 0.05) is 19.6 Å². The maximum Gasteiger partial charge on any atom is 0.310 e. The Labute approximate surface area is 117 Å². The number of ether oxygens (including phenoxy) is 1. The van der Waals surface area contributed by atoms with Gasteiger partial charge in [-0.05, 0) is 44.8 Å². The number of nitrogens with one attached hydrogen (secondary N) is 1. The molecule has 0 aromatic heterocycles. The van der Waals surface area contributed by atoms with Crippen molar-refractivity contribution in [2.24, 2.45) is 5.92 Å². The van der Waals surface area contributed by atoms with Crippen LogP contribution in [0.5, 0.6) is 0 Å². The summed E-state index contributed by atoms with van der Waals surface area (Å²) in [4.78, 5) is 14.1. The molecule has 0 amide bonds. The van der Waals surface area contributed by atoms with Crippen molar-refractivity contribution >= 4 is 5.97 Å². The van der Waals surface area contributed by atoms with Gasteiger partial charge in [0.1, 0.15) is 0 Å². The minimum atomic E-state index is -0.0399. The van der Waals surface area contributed by atoms with Crippen LogP contribution in [0.3, 0.4) is 0 Å². The van der Waals surface area contributed by atoms with Crippen molar-refractivity contribution in [3.8, 4) is 0 Å². The number of carbonyl (C=O) groups is 1. The van der Waals surface area contributed by atoms with Crippen LogP contribution in [0.1, 0.15) is 33.1 Å². The maximum absolute atomic E-state index is 11.8. The number of hydrogen-bond donors (Lipinski definition) is 1. The van der Waals surface area contributed by atoms with E-state index in [9.17, 15) is 4.79 Å². The second kappa shape index (κ2) is 9.10. The lowest BCUT2D eigenvalue weighted by molar-refractivity contribution is -0.149. The smallest absolute Gasteiger partial charge is 0.310 e. The van der Waals surface area contributed by atoms with Crippen molar-refractivity contribution in [2.75, 3.05) is 39.3 Å². The van der Waals surface area contributed by atoms with E-state index in [-0.39, 0.29) is 11.9 Å². The maximum atomic E-state index is 11.8. The zero-order valence-corrected chi connectivity index (χ0v) is 12.4. The molecule has 4 heteroatoms. The molecule has 0 spiro atoms. The normalized spacial score (nSPS) is 20.2. The molecule has 0 radical (unpaired) electrons. The number of hydrogen-bond acceptors (Lipinski definition) is 4. The molecule has 4 nitrogen and oxygen atoms in total. The van der Waals surface area contributed by atoms with Crippen molar-refractivity contribution in [1.29, 1.82) is 0 Å². The number of rotatable bonds is 8. The van der Waals surface area contributed by atoms with E-state index in [0.29, 0.717) is 6.61 Å². The highest BCUT2D eigenvalue weighted by Crippen LogP contribution is 2.18. The van der Waals surface area contributed by atoms with Gasteiger partial charge in [-0.15, -0.1) is 0 Å². The number of piperidine rings is 1. The molecule has 0 bridgehead atoms. The van der Waals surface area contributed by atoms with E-state index in [1.165, 1.54) is 5.57 Å². The van der Waals surface area contributed by atoms with Gasteiger partial charge < -0.3 is 10.1 Å². The molecule has 1 fully saturated rings. The molecule has 0 saturated carbocycles. The zero-order chi connectivity index (χ0) is 14.1. The Morgan fingerprint density at radius 2 is 2.26 bits per heavy atom. The van der Waals surface area contributed by atoms with Crippen LogP contribution in [0.15, 0.2) is 12.2 Å². The average molecular weight is 268 g/mol. The molecular weight excluding hydrogens is 240 g/mol. The Morgan fingerprint density at radius 1 is 1.47 bits per heavy atom. The first kappa shape index (κ1) is 16.2. The van der Waals surface area contributed by atoms with Crippen molar-refractivity contribution in [2.45, 2.75) is 33.1 Å². The molecule has 110 valence electrons. The summed E-state index contributed by atoms with van der Waals surface area (Å²) in [5, 5.41) is 3.36. The first-order valence-corrected chi connectivity index (χ1v) is 7.43. The van der Waals surface area contributed by atoms with Gasteiger partial charge in [0.05, 0.1) is 12.5 Å². The molecule has 1 aliphatic heterocycles. The monoisotopic (exact) mass is 268 g/mol. The molecule has 19 heavy (non-hydrogen) atoms. The van der Waals surface area contributed by atoms with Crippen molar-refractivity contribution in [3.05, 3.63) is 12.2 Å². The van der Waals surface area contributed by atoms with Crippen LogP contribution in [0.2, 0.25) is 0 Å². The number of nitrogens with zero attached hydrogens (tertiary/aromatic N) is 1. The van der Waals surface area contributed by atoms with Gasteiger partial charge in [-0.3, -0.25) is 9.69 Å². The molecule has 0 aromatic rings. The lowest BCUT2D eigenvalue weighted by Gasteiger charge is -2.32. The third kappa shape index (κ3) is 6.21. The van der Waals surface area contributed by atoms with Gasteiger partial charge in [0.2, 0.25) is 0 Å². The van der Waals surface area contributed by atoms with Gasteiger partial charge in [-0.1, -0.05) is 13.5 Å². The van der Waals surface area contributed by atoms with Gasteiger partial charge in [0.15, 0.2) is 0 Å². The Kier molecular flexibility index (Phi) is 7.75. The summed E-state index contributed by atoms with van der Waals surface area (Å²) in [6, 6.07) is 0. The highest BCUT2D eigenvalue weighted by Gasteiger charge is 2.26. The molecule has 1 rings (SSSR count). The summed E-state index contributed by atoms with van der Waals surface area (Å²) in [5.41, 5.74) is 1.19. The lowest BCUT2D eigenvalue weighted by Crippen LogP contribution is -2.41. The van der Waals surface area contributed by atoms with Gasteiger partial charge in [-0.25, -0.2) is 0 Å². The number of likely N-dealkylation sites (tertiary alicyclic amines) is 1. The van der Waals surface area contributed by atoms with Gasteiger partial charge in [-0.2, -0.15) is 0 Å². The van der Waals surface area contributed by atoms with Gasteiger partial charge in [0.25, 0.3) is 0 Å². The zero-order valence-electron chi connectivity index (χ0n) is 12.4. The summed E-state index contributed by atoms with van der Waals surface area (Å²) in [5.74, 6) is 0.00650. The van der Waals surface area contributed by atoms with E-state index in [4.69, 9.17) is 4.74 Å². The van der Waals surface area contributed by atoms with E-state index in [1.807, 2.05) is 6.92 Å².